The maximum absolute atomic E-state index is 4.61. The van der Waals surface area contributed by atoms with Crippen molar-refractivity contribution in [2.45, 2.75) is 30.6 Å². The summed E-state index contributed by atoms with van der Waals surface area (Å²) in [6, 6.07) is 23.6. The van der Waals surface area contributed by atoms with Crippen molar-refractivity contribution >= 4 is 34.0 Å². The molecule has 0 bridgehead atoms. The predicted molar refractivity (Wildman–Crippen MR) is 154 cm³/mol. The molecule has 2 aromatic heterocycles. The number of nitrogens with zero attached hydrogens (tertiary/aromatic N) is 3. The molecule has 1 saturated heterocycles. The minimum Gasteiger partial charge on any atom is -0.385 e. The van der Waals surface area contributed by atoms with E-state index in [1.54, 1.807) is 0 Å². The Hall–Kier alpha value is -3.09. The van der Waals surface area contributed by atoms with E-state index in [0.29, 0.717) is 0 Å². The lowest BCUT2D eigenvalue weighted by atomic mass is 10.1. The second-order valence-corrected chi connectivity index (χ2v) is 10.4. The Morgan fingerprint density at radius 2 is 1.69 bits per heavy atom. The average molecular weight is 498 g/mol. The minimum absolute atomic E-state index is 0.987. The molecule has 4 aromatic rings. The van der Waals surface area contributed by atoms with Crippen LogP contribution < -0.4 is 15.5 Å². The molecule has 0 saturated carbocycles. The fourth-order valence-corrected chi connectivity index (χ4v) is 5.70. The Kier molecular flexibility index (Phi) is 8.71. The van der Waals surface area contributed by atoms with Crippen molar-refractivity contribution < 1.29 is 0 Å². The molecular weight excluding hydrogens is 462 g/mol. The van der Waals surface area contributed by atoms with Crippen LogP contribution in [0, 0.1) is 0 Å². The third-order valence-electron chi connectivity index (χ3n) is 6.67. The van der Waals surface area contributed by atoms with Crippen LogP contribution in [0.15, 0.2) is 84.0 Å². The van der Waals surface area contributed by atoms with E-state index in [1.807, 2.05) is 42.4 Å². The number of rotatable bonds is 11. The second kappa shape index (κ2) is 12.7. The maximum atomic E-state index is 4.61. The third-order valence-corrected chi connectivity index (χ3v) is 7.83. The van der Waals surface area contributed by atoms with Gasteiger partial charge in [-0.3, -0.25) is 9.97 Å². The van der Waals surface area contributed by atoms with Gasteiger partial charge in [-0.2, -0.15) is 0 Å². The number of hydrogen-bond donors (Lipinski definition) is 2. The first-order chi connectivity index (χ1) is 17.9. The average Bonchev–Trinajstić information content (AvgIpc) is 2.95. The molecule has 0 unspecified atom stereocenters. The fourth-order valence-electron chi connectivity index (χ4n) is 4.65. The SMILES string of the molecule is c1ccc(-c2ccc3c(SCCCCCCNc4ccc(N5CCNCC5)cc4)ccnc3c2)nc1. The third kappa shape index (κ3) is 6.56. The van der Waals surface area contributed by atoms with Gasteiger partial charge in [0.1, 0.15) is 0 Å². The van der Waals surface area contributed by atoms with E-state index in [1.165, 1.54) is 47.3 Å². The van der Waals surface area contributed by atoms with E-state index in [-0.39, 0.29) is 0 Å². The summed E-state index contributed by atoms with van der Waals surface area (Å²) >= 11 is 1.95. The molecule has 1 aliphatic rings. The van der Waals surface area contributed by atoms with Crippen molar-refractivity contribution in [1.29, 1.82) is 0 Å². The van der Waals surface area contributed by atoms with Gasteiger partial charge >= 0.3 is 0 Å². The Morgan fingerprint density at radius 3 is 2.53 bits per heavy atom. The van der Waals surface area contributed by atoms with Gasteiger partial charge in [0.2, 0.25) is 0 Å². The van der Waals surface area contributed by atoms with Crippen LogP contribution in [0.25, 0.3) is 22.2 Å². The zero-order valence-corrected chi connectivity index (χ0v) is 21.6. The first kappa shape index (κ1) is 24.6. The van der Waals surface area contributed by atoms with Crippen molar-refractivity contribution in [2.75, 3.05) is 48.7 Å². The van der Waals surface area contributed by atoms with E-state index in [2.05, 4.69) is 74.0 Å². The summed E-state index contributed by atoms with van der Waals surface area (Å²) in [5.74, 6) is 1.14. The smallest absolute Gasteiger partial charge is 0.0719 e. The Bertz CT molecular complexity index is 1220. The lowest BCUT2D eigenvalue weighted by Gasteiger charge is -2.29. The molecule has 1 aliphatic heterocycles. The summed E-state index contributed by atoms with van der Waals surface area (Å²) in [6.07, 6.45) is 8.73. The second-order valence-electron chi connectivity index (χ2n) is 9.23. The highest BCUT2D eigenvalue weighted by molar-refractivity contribution is 7.99. The standard InChI is InChI=1S/C30H35N5S/c1(4-15-32-25-9-11-26(12-10-25)35-20-18-31-19-21-35)2-6-22-36-30-14-17-34-29-23-24(8-13-27(29)30)28-7-3-5-16-33-28/h3,5,7-14,16-17,23,31-32H,1-2,4,6,15,18-22H2. The Labute approximate surface area is 218 Å². The van der Waals surface area contributed by atoms with Gasteiger partial charge in [-0.1, -0.05) is 31.0 Å². The number of nitrogens with one attached hydrogen (secondary N) is 2. The lowest BCUT2D eigenvalue weighted by Crippen LogP contribution is -2.43. The molecule has 6 heteroatoms. The Morgan fingerprint density at radius 1 is 0.833 bits per heavy atom. The fraction of sp³-hybridized carbons (Fsp3) is 0.333. The quantitative estimate of drug-likeness (QED) is 0.183. The van der Waals surface area contributed by atoms with Gasteiger partial charge in [0.15, 0.2) is 0 Å². The van der Waals surface area contributed by atoms with Gasteiger partial charge in [-0.25, -0.2) is 0 Å². The monoisotopic (exact) mass is 497 g/mol. The normalized spacial score (nSPS) is 13.7. The number of aromatic nitrogens is 2. The molecule has 0 radical (unpaired) electrons. The molecule has 36 heavy (non-hydrogen) atoms. The van der Waals surface area contributed by atoms with Gasteiger partial charge in [-0.15, -0.1) is 11.8 Å². The summed E-state index contributed by atoms with van der Waals surface area (Å²) < 4.78 is 0. The summed E-state index contributed by atoms with van der Waals surface area (Å²) in [7, 11) is 0. The molecule has 2 N–H and O–H groups in total. The van der Waals surface area contributed by atoms with Crippen LogP contribution in [0.5, 0.6) is 0 Å². The topological polar surface area (TPSA) is 53.1 Å². The largest absolute Gasteiger partial charge is 0.385 e. The number of thioether (sulfide) groups is 1. The molecule has 0 amide bonds. The number of unbranched alkanes of at least 4 members (excludes halogenated alkanes) is 3. The molecule has 0 aliphatic carbocycles. The van der Waals surface area contributed by atoms with Crippen LogP contribution in [-0.2, 0) is 0 Å². The van der Waals surface area contributed by atoms with Crippen LogP contribution in [0.3, 0.4) is 0 Å². The van der Waals surface area contributed by atoms with Crippen molar-refractivity contribution in [2.24, 2.45) is 0 Å². The Balaban J connectivity index is 1.01. The minimum atomic E-state index is 0.987. The predicted octanol–water partition coefficient (Wildman–Crippen LogP) is 6.47. The highest BCUT2D eigenvalue weighted by Crippen LogP contribution is 2.30. The number of pyridine rings is 2. The van der Waals surface area contributed by atoms with Crippen LogP contribution in [0.2, 0.25) is 0 Å². The molecular formula is C30H35N5S. The van der Waals surface area contributed by atoms with Crippen LogP contribution in [0.1, 0.15) is 25.7 Å². The molecule has 0 atom stereocenters. The molecule has 5 nitrogen and oxygen atoms in total. The molecule has 2 aromatic carbocycles. The number of fused-ring (bicyclic) bond motifs is 1. The number of benzene rings is 2. The van der Waals surface area contributed by atoms with Gasteiger partial charge in [0.05, 0.1) is 11.2 Å². The molecule has 1 fully saturated rings. The lowest BCUT2D eigenvalue weighted by molar-refractivity contribution is 0.589. The van der Waals surface area contributed by atoms with E-state index in [9.17, 15) is 0 Å². The summed E-state index contributed by atoms with van der Waals surface area (Å²) in [4.78, 5) is 12.8. The van der Waals surface area contributed by atoms with Crippen LogP contribution in [-0.4, -0.2) is 48.4 Å². The first-order valence-electron chi connectivity index (χ1n) is 13.1. The first-order valence-corrected chi connectivity index (χ1v) is 14.1. The van der Waals surface area contributed by atoms with E-state index >= 15 is 0 Å². The number of anilines is 2. The molecule has 0 spiro atoms. The summed E-state index contributed by atoms with van der Waals surface area (Å²) in [5.41, 5.74) is 5.69. The summed E-state index contributed by atoms with van der Waals surface area (Å²) in [5, 5.41) is 8.22. The van der Waals surface area contributed by atoms with E-state index in [0.717, 1.165) is 55.3 Å². The molecule has 3 heterocycles. The van der Waals surface area contributed by atoms with E-state index in [4.69, 9.17) is 0 Å². The number of piperazine rings is 1. The summed E-state index contributed by atoms with van der Waals surface area (Å²) in [6.45, 7) is 5.37. The van der Waals surface area contributed by atoms with Crippen LogP contribution >= 0.6 is 11.8 Å². The van der Waals surface area contributed by atoms with E-state index < -0.39 is 0 Å². The highest BCUT2D eigenvalue weighted by Gasteiger charge is 2.10. The van der Waals surface area contributed by atoms with Gasteiger partial charge in [-0.05, 0) is 67.1 Å². The van der Waals surface area contributed by atoms with Crippen molar-refractivity contribution in [1.82, 2.24) is 15.3 Å². The molecule has 5 rings (SSSR count). The molecule has 186 valence electrons. The zero-order chi connectivity index (χ0) is 24.4. The zero-order valence-electron chi connectivity index (χ0n) is 20.8. The van der Waals surface area contributed by atoms with Gasteiger partial charge in [0, 0.05) is 72.3 Å². The van der Waals surface area contributed by atoms with Crippen LogP contribution in [0.4, 0.5) is 11.4 Å². The highest BCUT2D eigenvalue weighted by atomic mass is 32.2. The van der Waals surface area contributed by atoms with Crippen molar-refractivity contribution in [3.63, 3.8) is 0 Å². The van der Waals surface area contributed by atoms with Gasteiger partial charge < -0.3 is 15.5 Å². The van der Waals surface area contributed by atoms with Gasteiger partial charge in [0.25, 0.3) is 0 Å². The van der Waals surface area contributed by atoms with Crippen molar-refractivity contribution in [3.05, 3.63) is 79.1 Å². The maximum Gasteiger partial charge on any atom is 0.0719 e. The number of hydrogen-bond acceptors (Lipinski definition) is 6. The van der Waals surface area contributed by atoms with Crippen molar-refractivity contribution in [3.8, 4) is 11.3 Å².